The van der Waals surface area contributed by atoms with Gasteiger partial charge in [0.15, 0.2) is 0 Å². The Morgan fingerprint density at radius 1 is 1.15 bits per heavy atom. The number of amides is 1. The number of nitrogens with zero attached hydrogens (tertiary/aromatic N) is 3. The van der Waals surface area contributed by atoms with Crippen molar-refractivity contribution in [3.63, 3.8) is 0 Å². The number of ether oxygens (including phenoxy) is 2. The van der Waals surface area contributed by atoms with Crippen LogP contribution in [-0.4, -0.2) is 54.7 Å². The average Bonchev–Trinajstić information content (AvgIpc) is 2.91. The fourth-order valence-corrected chi connectivity index (χ4v) is 4.09. The first-order valence-electron chi connectivity index (χ1n) is 9.45. The van der Waals surface area contributed by atoms with Crippen LogP contribution in [0.15, 0.2) is 48.7 Å². The standard InChI is InChI=1S/C21H25N3O3/c1-26-21-16(6-5-11-22-21)14-23-12-9-18-19(10-13-23)27-15-20(25)24(18)17-7-3-2-4-8-17/h2-8,11,18-19H,9-10,12-15H2,1H3/t18-,19-/m0/s1. The first-order valence-corrected chi connectivity index (χ1v) is 9.45. The summed E-state index contributed by atoms with van der Waals surface area (Å²) in [5.41, 5.74) is 2.05. The van der Waals surface area contributed by atoms with Crippen LogP contribution in [0.4, 0.5) is 5.69 Å². The number of carbonyl (C=O) groups excluding carboxylic acids is 1. The van der Waals surface area contributed by atoms with Gasteiger partial charge in [0.25, 0.3) is 5.91 Å². The molecule has 0 aliphatic carbocycles. The topological polar surface area (TPSA) is 54.9 Å². The molecule has 2 saturated heterocycles. The zero-order valence-electron chi connectivity index (χ0n) is 15.6. The number of benzene rings is 1. The second-order valence-corrected chi connectivity index (χ2v) is 7.04. The molecule has 2 fully saturated rings. The van der Waals surface area contributed by atoms with Crippen LogP contribution < -0.4 is 9.64 Å². The van der Waals surface area contributed by atoms with Crippen molar-refractivity contribution in [1.29, 1.82) is 0 Å². The molecule has 1 aromatic heterocycles. The maximum absolute atomic E-state index is 12.6. The number of para-hydroxylation sites is 1. The van der Waals surface area contributed by atoms with E-state index in [9.17, 15) is 4.79 Å². The van der Waals surface area contributed by atoms with Crippen LogP contribution in [-0.2, 0) is 16.1 Å². The van der Waals surface area contributed by atoms with Gasteiger partial charge in [0, 0.05) is 37.1 Å². The van der Waals surface area contributed by atoms with Crippen molar-refractivity contribution >= 4 is 11.6 Å². The van der Waals surface area contributed by atoms with Gasteiger partial charge >= 0.3 is 0 Å². The fraction of sp³-hybridized carbons (Fsp3) is 0.429. The molecule has 2 atom stereocenters. The number of aromatic nitrogens is 1. The molecule has 0 unspecified atom stereocenters. The number of hydrogen-bond donors (Lipinski definition) is 0. The zero-order chi connectivity index (χ0) is 18.6. The van der Waals surface area contributed by atoms with Crippen LogP contribution in [0.2, 0.25) is 0 Å². The number of anilines is 1. The van der Waals surface area contributed by atoms with Crippen LogP contribution in [0.1, 0.15) is 18.4 Å². The summed E-state index contributed by atoms with van der Waals surface area (Å²) in [7, 11) is 1.65. The molecule has 2 aliphatic rings. The number of rotatable bonds is 4. The van der Waals surface area contributed by atoms with E-state index >= 15 is 0 Å². The molecule has 0 spiro atoms. The molecule has 1 amide bonds. The van der Waals surface area contributed by atoms with Gasteiger partial charge in [-0.1, -0.05) is 24.3 Å². The van der Waals surface area contributed by atoms with Gasteiger partial charge in [-0.25, -0.2) is 4.98 Å². The van der Waals surface area contributed by atoms with Gasteiger partial charge in [0.05, 0.1) is 19.3 Å². The second-order valence-electron chi connectivity index (χ2n) is 7.04. The van der Waals surface area contributed by atoms with Crippen molar-refractivity contribution in [2.45, 2.75) is 31.5 Å². The maximum Gasteiger partial charge on any atom is 0.253 e. The Morgan fingerprint density at radius 3 is 2.78 bits per heavy atom. The Labute approximate surface area is 159 Å². The van der Waals surface area contributed by atoms with Gasteiger partial charge in [-0.3, -0.25) is 9.69 Å². The van der Waals surface area contributed by atoms with E-state index in [1.807, 2.05) is 41.3 Å². The molecular formula is C21H25N3O3. The molecule has 27 heavy (non-hydrogen) atoms. The first-order chi connectivity index (χ1) is 13.3. The van der Waals surface area contributed by atoms with Gasteiger partial charge in [-0.05, 0) is 31.0 Å². The van der Waals surface area contributed by atoms with Crippen molar-refractivity contribution in [2.75, 3.05) is 31.7 Å². The van der Waals surface area contributed by atoms with E-state index < -0.39 is 0 Å². The maximum atomic E-state index is 12.6. The SMILES string of the molecule is COc1ncccc1CN1CC[C@@H]2OCC(=O)N(c3ccccc3)[C@H]2CC1. The van der Waals surface area contributed by atoms with Gasteiger partial charge in [-0.15, -0.1) is 0 Å². The van der Waals surface area contributed by atoms with Crippen LogP contribution in [0, 0.1) is 0 Å². The summed E-state index contributed by atoms with van der Waals surface area (Å²) in [4.78, 5) is 21.2. The lowest BCUT2D eigenvalue weighted by Gasteiger charge is -2.40. The highest BCUT2D eigenvalue weighted by Crippen LogP contribution is 2.30. The van der Waals surface area contributed by atoms with E-state index in [0.29, 0.717) is 5.88 Å². The smallest absolute Gasteiger partial charge is 0.253 e. The van der Waals surface area contributed by atoms with E-state index in [0.717, 1.165) is 43.7 Å². The fourth-order valence-electron chi connectivity index (χ4n) is 4.09. The minimum absolute atomic E-state index is 0.0461. The third-order valence-corrected chi connectivity index (χ3v) is 5.39. The van der Waals surface area contributed by atoms with E-state index in [1.54, 1.807) is 13.3 Å². The summed E-state index contributed by atoms with van der Waals surface area (Å²) in [6.07, 6.45) is 3.61. The summed E-state index contributed by atoms with van der Waals surface area (Å²) < 4.78 is 11.3. The largest absolute Gasteiger partial charge is 0.481 e. The summed E-state index contributed by atoms with van der Waals surface area (Å²) in [6, 6.07) is 14.0. The molecule has 1 aromatic carbocycles. The number of carbonyl (C=O) groups is 1. The number of hydrogen-bond acceptors (Lipinski definition) is 5. The molecule has 142 valence electrons. The lowest BCUT2D eigenvalue weighted by molar-refractivity contribution is -0.132. The van der Waals surface area contributed by atoms with Crippen molar-refractivity contribution in [3.05, 3.63) is 54.2 Å². The van der Waals surface area contributed by atoms with Crippen molar-refractivity contribution < 1.29 is 14.3 Å². The molecule has 4 rings (SSSR count). The molecule has 2 aliphatic heterocycles. The van der Waals surface area contributed by atoms with E-state index in [4.69, 9.17) is 9.47 Å². The first kappa shape index (κ1) is 17.9. The molecule has 0 radical (unpaired) electrons. The molecule has 0 bridgehead atoms. The summed E-state index contributed by atoms with van der Waals surface area (Å²) in [6.45, 7) is 2.78. The Bertz CT molecular complexity index is 783. The van der Waals surface area contributed by atoms with E-state index in [-0.39, 0.29) is 24.7 Å². The summed E-state index contributed by atoms with van der Waals surface area (Å²) >= 11 is 0. The average molecular weight is 367 g/mol. The number of morpholine rings is 1. The number of pyridine rings is 1. The van der Waals surface area contributed by atoms with Crippen molar-refractivity contribution in [3.8, 4) is 5.88 Å². The molecule has 2 aromatic rings. The van der Waals surface area contributed by atoms with Gasteiger partial charge in [0.2, 0.25) is 5.88 Å². The molecule has 6 heteroatoms. The molecule has 0 saturated carbocycles. The molecular weight excluding hydrogens is 342 g/mol. The molecule has 0 N–H and O–H groups in total. The third-order valence-electron chi connectivity index (χ3n) is 5.39. The minimum Gasteiger partial charge on any atom is -0.481 e. The van der Waals surface area contributed by atoms with Crippen LogP contribution in [0.5, 0.6) is 5.88 Å². The van der Waals surface area contributed by atoms with Crippen molar-refractivity contribution in [2.24, 2.45) is 0 Å². The third kappa shape index (κ3) is 3.82. The predicted octanol–water partition coefficient (Wildman–Crippen LogP) is 2.49. The van der Waals surface area contributed by atoms with Crippen LogP contribution in [0.3, 0.4) is 0 Å². The Hall–Kier alpha value is -2.44. The molecule has 6 nitrogen and oxygen atoms in total. The van der Waals surface area contributed by atoms with Gasteiger partial charge in [-0.2, -0.15) is 0 Å². The van der Waals surface area contributed by atoms with Crippen LogP contribution >= 0.6 is 0 Å². The monoisotopic (exact) mass is 367 g/mol. The second kappa shape index (κ2) is 8.06. The Kier molecular flexibility index (Phi) is 5.36. The normalized spacial score (nSPS) is 23.6. The quantitative estimate of drug-likeness (QED) is 0.831. The Morgan fingerprint density at radius 2 is 1.96 bits per heavy atom. The lowest BCUT2D eigenvalue weighted by atomic mass is 10.0. The van der Waals surface area contributed by atoms with Crippen molar-refractivity contribution in [1.82, 2.24) is 9.88 Å². The number of likely N-dealkylation sites (tertiary alicyclic amines) is 1. The van der Waals surface area contributed by atoms with Gasteiger partial charge in [0.1, 0.15) is 6.61 Å². The minimum atomic E-state index is 0.0461. The summed E-state index contributed by atoms with van der Waals surface area (Å²) in [5.74, 6) is 0.723. The predicted molar refractivity (Wildman–Crippen MR) is 103 cm³/mol. The van der Waals surface area contributed by atoms with Crippen LogP contribution in [0.25, 0.3) is 0 Å². The van der Waals surface area contributed by atoms with Gasteiger partial charge < -0.3 is 14.4 Å². The zero-order valence-corrected chi connectivity index (χ0v) is 15.6. The summed E-state index contributed by atoms with van der Waals surface area (Å²) in [5, 5.41) is 0. The van der Waals surface area contributed by atoms with E-state index in [2.05, 4.69) is 16.0 Å². The number of methoxy groups -OCH3 is 1. The Balaban J connectivity index is 1.50. The van der Waals surface area contributed by atoms with E-state index in [1.165, 1.54) is 0 Å². The highest BCUT2D eigenvalue weighted by atomic mass is 16.5. The lowest BCUT2D eigenvalue weighted by Crippen LogP contribution is -2.54. The highest BCUT2D eigenvalue weighted by Gasteiger charge is 2.39. The highest BCUT2D eigenvalue weighted by molar-refractivity contribution is 5.95. The molecule has 3 heterocycles. The number of fused-ring (bicyclic) bond motifs is 1.